The van der Waals surface area contributed by atoms with Crippen molar-refractivity contribution in [1.82, 2.24) is 4.90 Å². The Labute approximate surface area is 87.8 Å². The Morgan fingerprint density at radius 2 is 1.93 bits per heavy atom. The van der Waals surface area contributed by atoms with E-state index in [1.807, 2.05) is 24.5 Å². The zero-order chi connectivity index (χ0) is 10.6. The Hall–Kier alpha value is -0.740. The molecule has 0 aromatic carbocycles. The lowest BCUT2D eigenvalue weighted by Crippen LogP contribution is -2.38. The van der Waals surface area contributed by atoms with Crippen molar-refractivity contribution in [2.24, 2.45) is 0 Å². The van der Waals surface area contributed by atoms with Gasteiger partial charge in [0, 0.05) is 18.4 Å². The Kier molecular flexibility index (Phi) is 4.22. The Bertz CT molecular complexity index is 308. The molecule has 4 heteroatoms. The van der Waals surface area contributed by atoms with Gasteiger partial charge in [0.15, 0.2) is 18.9 Å². The van der Waals surface area contributed by atoms with E-state index in [0.29, 0.717) is 0 Å². The lowest BCUT2D eigenvalue weighted by atomic mass is 10.4. The highest BCUT2D eigenvalue weighted by molar-refractivity contribution is 7.84. The van der Waals surface area contributed by atoms with Crippen LogP contribution in [0.15, 0.2) is 29.4 Å². The van der Waals surface area contributed by atoms with Crippen molar-refractivity contribution >= 4 is 10.8 Å². The minimum absolute atomic E-state index is 0.874. The molecule has 0 bridgehead atoms. The van der Waals surface area contributed by atoms with Crippen molar-refractivity contribution in [1.29, 1.82) is 0 Å². The summed E-state index contributed by atoms with van der Waals surface area (Å²) >= 11 is 0. The predicted octanol–water partition coefficient (Wildman–Crippen LogP) is 0.273. The van der Waals surface area contributed by atoms with Gasteiger partial charge in [0.1, 0.15) is 0 Å². The standard InChI is InChI=1S/C10H17N2OS/c1-11(2)8-9-12-6-4-10(5-7-12)14(3)13/h4-7H,8-9H2,1-3H3/q+1. The largest absolute Gasteiger partial charge is 0.303 e. The predicted molar refractivity (Wildman–Crippen MR) is 57.5 cm³/mol. The molecule has 0 aliphatic heterocycles. The van der Waals surface area contributed by atoms with E-state index in [0.717, 1.165) is 18.0 Å². The van der Waals surface area contributed by atoms with Gasteiger partial charge in [-0.2, -0.15) is 0 Å². The molecule has 14 heavy (non-hydrogen) atoms. The zero-order valence-electron chi connectivity index (χ0n) is 8.93. The van der Waals surface area contributed by atoms with Crippen molar-refractivity contribution in [3.05, 3.63) is 24.5 Å². The molecule has 1 heterocycles. The first-order valence-electron chi connectivity index (χ1n) is 4.57. The lowest BCUT2D eigenvalue weighted by Gasteiger charge is -2.05. The molecule has 0 saturated carbocycles. The van der Waals surface area contributed by atoms with E-state index in [-0.39, 0.29) is 0 Å². The Morgan fingerprint density at radius 3 is 2.36 bits per heavy atom. The second-order valence-corrected chi connectivity index (χ2v) is 4.91. The molecule has 0 aliphatic rings. The Balaban J connectivity index is 2.60. The molecule has 0 amide bonds. The summed E-state index contributed by atoms with van der Waals surface area (Å²) in [6.45, 7) is 1.98. The molecule has 1 unspecified atom stereocenters. The molecule has 0 spiro atoms. The molecule has 1 aromatic heterocycles. The molecule has 78 valence electrons. The van der Waals surface area contributed by atoms with Crippen LogP contribution in [0.2, 0.25) is 0 Å². The highest BCUT2D eigenvalue weighted by atomic mass is 32.2. The summed E-state index contributed by atoms with van der Waals surface area (Å²) in [6.07, 6.45) is 5.64. The van der Waals surface area contributed by atoms with Crippen LogP contribution in [0.25, 0.3) is 0 Å². The number of hydrogen-bond donors (Lipinski definition) is 0. The summed E-state index contributed by atoms with van der Waals surface area (Å²) in [6, 6.07) is 3.82. The second-order valence-electron chi connectivity index (χ2n) is 3.53. The minimum atomic E-state index is -0.874. The molecule has 0 N–H and O–H groups in total. The average molecular weight is 213 g/mol. The maximum atomic E-state index is 11.1. The third-order valence-electron chi connectivity index (χ3n) is 2.00. The molecular weight excluding hydrogens is 196 g/mol. The topological polar surface area (TPSA) is 24.2 Å². The Morgan fingerprint density at radius 1 is 1.36 bits per heavy atom. The van der Waals surface area contributed by atoms with Gasteiger partial charge in [-0.3, -0.25) is 4.21 Å². The van der Waals surface area contributed by atoms with Gasteiger partial charge in [-0.15, -0.1) is 0 Å². The van der Waals surface area contributed by atoms with Crippen LogP contribution in [-0.4, -0.2) is 36.0 Å². The molecule has 0 radical (unpaired) electrons. The summed E-state index contributed by atoms with van der Waals surface area (Å²) in [5, 5.41) is 0. The van der Waals surface area contributed by atoms with E-state index in [4.69, 9.17) is 0 Å². The highest BCUT2D eigenvalue weighted by Gasteiger charge is 2.03. The number of aromatic nitrogens is 1. The zero-order valence-corrected chi connectivity index (χ0v) is 9.75. The number of pyridine rings is 1. The monoisotopic (exact) mass is 213 g/mol. The van der Waals surface area contributed by atoms with Crippen LogP contribution < -0.4 is 4.57 Å². The fourth-order valence-corrected chi connectivity index (χ4v) is 1.60. The summed E-state index contributed by atoms with van der Waals surface area (Å²) in [7, 11) is 3.23. The van der Waals surface area contributed by atoms with Crippen LogP contribution in [0, 0.1) is 0 Å². The van der Waals surface area contributed by atoms with Crippen molar-refractivity contribution in [3.8, 4) is 0 Å². The summed E-state index contributed by atoms with van der Waals surface area (Å²) in [4.78, 5) is 3.02. The van der Waals surface area contributed by atoms with Gasteiger partial charge in [0.25, 0.3) is 0 Å². The van der Waals surface area contributed by atoms with Gasteiger partial charge in [-0.05, 0) is 14.1 Å². The molecule has 0 saturated heterocycles. The highest BCUT2D eigenvalue weighted by Crippen LogP contribution is 1.99. The van der Waals surface area contributed by atoms with Gasteiger partial charge in [-0.25, -0.2) is 4.57 Å². The van der Waals surface area contributed by atoms with Crippen LogP contribution in [0.5, 0.6) is 0 Å². The average Bonchev–Trinajstić information content (AvgIpc) is 2.15. The van der Waals surface area contributed by atoms with Crippen LogP contribution in [0.3, 0.4) is 0 Å². The summed E-state index contributed by atoms with van der Waals surface area (Å²) in [5.41, 5.74) is 0. The maximum absolute atomic E-state index is 11.1. The lowest BCUT2D eigenvalue weighted by molar-refractivity contribution is -0.696. The van der Waals surface area contributed by atoms with Gasteiger partial charge in [0.05, 0.1) is 22.2 Å². The third-order valence-corrected chi connectivity index (χ3v) is 2.93. The van der Waals surface area contributed by atoms with Crippen molar-refractivity contribution < 1.29 is 8.78 Å². The van der Waals surface area contributed by atoms with Gasteiger partial charge >= 0.3 is 0 Å². The third kappa shape index (κ3) is 3.55. The van der Waals surface area contributed by atoms with Gasteiger partial charge in [-0.1, -0.05) is 0 Å². The second kappa shape index (κ2) is 5.22. The van der Waals surface area contributed by atoms with E-state index in [1.54, 1.807) is 6.26 Å². The van der Waals surface area contributed by atoms with E-state index in [1.165, 1.54) is 0 Å². The first-order valence-corrected chi connectivity index (χ1v) is 6.12. The number of likely N-dealkylation sites (N-methyl/N-ethyl adjacent to an activating group) is 1. The normalized spacial score (nSPS) is 13.1. The van der Waals surface area contributed by atoms with E-state index in [2.05, 4.69) is 23.6 Å². The fourth-order valence-electron chi connectivity index (χ4n) is 1.10. The van der Waals surface area contributed by atoms with Gasteiger partial charge < -0.3 is 4.90 Å². The fraction of sp³-hybridized carbons (Fsp3) is 0.500. The van der Waals surface area contributed by atoms with E-state index < -0.39 is 10.8 Å². The molecule has 1 atom stereocenters. The number of rotatable bonds is 4. The van der Waals surface area contributed by atoms with Crippen molar-refractivity contribution in [2.75, 3.05) is 26.9 Å². The van der Waals surface area contributed by atoms with Crippen LogP contribution in [0.1, 0.15) is 0 Å². The summed E-state index contributed by atoms with van der Waals surface area (Å²) < 4.78 is 13.2. The number of nitrogens with zero attached hydrogens (tertiary/aromatic N) is 2. The van der Waals surface area contributed by atoms with E-state index in [9.17, 15) is 4.21 Å². The maximum Gasteiger partial charge on any atom is 0.170 e. The minimum Gasteiger partial charge on any atom is -0.303 e. The molecule has 1 rings (SSSR count). The van der Waals surface area contributed by atoms with Crippen LogP contribution in [-0.2, 0) is 17.3 Å². The van der Waals surface area contributed by atoms with Crippen molar-refractivity contribution in [2.45, 2.75) is 11.4 Å². The molecule has 3 nitrogen and oxygen atoms in total. The first-order chi connectivity index (χ1) is 6.59. The smallest absolute Gasteiger partial charge is 0.170 e. The molecule has 1 aromatic rings. The van der Waals surface area contributed by atoms with E-state index >= 15 is 0 Å². The molecule has 0 fully saturated rings. The first kappa shape index (κ1) is 11.3. The molecular formula is C10H17N2OS+. The van der Waals surface area contributed by atoms with Crippen molar-refractivity contribution in [3.63, 3.8) is 0 Å². The van der Waals surface area contributed by atoms with Gasteiger partial charge in [0.2, 0.25) is 0 Å². The summed E-state index contributed by atoms with van der Waals surface area (Å²) in [5.74, 6) is 0. The van der Waals surface area contributed by atoms with Crippen LogP contribution in [0.4, 0.5) is 0 Å². The number of hydrogen-bond acceptors (Lipinski definition) is 2. The SMILES string of the molecule is CN(C)CC[n+]1ccc(S(C)=O)cc1. The molecule has 0 aliphatic carbocycles. The quantitative estimate of drug-likeness (QED) is 0.671. The van der Waals surface area contributed by atoms with Crippen LogP contribution >= 0.6 is 0 Å².